The molecule has 1 saturated heterocycles. The SMILES string of the molecule is CCOC(=O)[C@H](C)N1CC(=O)N([C@@H](C)c2ccc(OC)cc2)CC1=O. The number of ether oxygens (including phenoxy) is 2. The fraction of sp³-hybridized carbons (Fsp3) is 0.500. The maximum atomic E-state index is 12.5. The van der Waals surface area contributed by atoms with Gasteiger partial charge in [-0.25, -0.2) is 4.79 Å². The van der Waals surface area contributed by atoms with E-state index in [1.807, 2.05) is 31.2 Å². The van der Waals surface area contributed by atoms with Crippen LogP contribution in [0.4, 0.5) is 0 Å². The number of nitrogens with zero attached hydrogens (tertiary/aromatic N) is 2. The minimum absolute atomic E-state index is 0.0597. The molecule has 0 bridgehead atoms. The van der Waals surface area contributed by atoms with Crippen LogP contribution in [0.25, 0.3) is 0 Å². The highest BCUT2D eigenvalue weighted by molar-refractivity contribution is 5.95. The van der Waals surface area contributed by atoms with Gasteiger partial charge in [0.1, 0.15) is 24.9 Å². The molecule has 7 heteroatoms. The number of carbonyl (C=O) groups excluding carboxylic acids is 3. The third-order valence-electron chi connectivity index (χ3n) is 4.41. The first-order chi connectivity index (χ1) is 11.9. The average molecular weight is 348 g/mol. The molecule has 0 aromatic heterocycles. The summed E-state index contributed by atoms with van der Waals surface area (Å²) in [5, 5.41) is 0. The first kappa shape index (κ1) is 18.8. The van der Waals surface area contributed by atoms with E-state index in [-0.39, 0.29) is 37.6 Å². The third kappa shape index (κ3) is 4.10. The van der Waals surface area contributed by atoms with Crippen LogP contribution >= 0.6 is 0 Å². The molecule has 0 aliphatic carbocycles. The predicted octanol–water partition coefficient (Wildman–Crippen LogP) is 1.38. The summed E-state index contributed by atoms with van der Waals surface area (Å²) in [4.78, 5) is 39.6. The van der Waals surface area contributed by atoms with Crippen molar-refractivity contribution in [1.82, 2.24) is 9.80 Å². The zero-order valence-electron chi connectivity index (χ0n) is 15.0. The minimum Gasteiger partial charge on any atom is -0.497 e. The molecule has 0 N–H and O–H groups in total. The van der Waals surface area contributed by atoms with E-state index in [0.717, 1.165) is 11.3 Å². The molecule has 2 amide bonds. The Balaban J connectivity index is 2.09. The largest absolute Gasteiger partial charge is 0.497 e. The molecule has 0 radical (unpaired) electrons. The Hall–Kier alpha value is -2.57. The number of hydrogen-bond donors (Lipinski definition) is 0. The average Bonchev–Trinajstić information content (AvgIpc) is 2.62. The molecule has 1 aromatic rings. The van der Waals surface area contributed by atoms with Gasteiger partial charge in [-0.05, 0) is 38.5 Å². The number of methoxy groups -OCH3 is 1. The Labute approximate surface area is 147 Å². The second kappa shape index (κ2) is 8.00. The van der Waals surface area contributed by atoms with Crippen LogP contribution in [0.15, 0.2) is 24.3 Å². The van der Waals surface area contributed by atoms with E-state index in [0.29, 0.717) is 0 Å². The van der Waals surface area contributed by atoms with E-state index >= 15 is 0 Å². The minimum atomic E-state index is -0.769. The number of piperazine rings is 1. The van der Waals surface area contributed by atoms with E-state index < -0.39 is 12.0 Å². The molecule has 2 rings (SSSR count). The van der Waals surface area contributed by atoms with Gasteiger partial charge in [-0.3, -0.25) is 9.59 Å². The number of carbonyl (C=O) groups is 3. The molecular weight excluding hydrogens is 324 g/mol. The molecule has 1 aromatic carbocycles. The second-order valence-corrected chi connectivity index (χ2v) is 5.92. The van der Waals surface area contributed by atoms with Gasteiger partial charge in [-0.1, -0.05) is 12.1 Å². The lowest BCUT2D eigenvalue weighted by molar-refractivity contribution is -0.162. The van der Waals surface area contributed by atoms with Gasteiger partial charge in [0.05, 0.1) is 19.8 Å². The van der Waals surface area contributed by atoms with Gasteiger partial charge in [-0.2, -0.15) is 0 Å². The zero-order valence-corrected chi connectivity index (χ0v) is 15.0. The van der Waals surface area contributed by atoms with Crippen molar-refractivity contribution in [3.8, 4) is 5.75 Å². The van der Waals surface area contributed by atoms with Crippen LogP contribution in [-0.2, 0) is 19.1 Å². The Morgan fingerprint density at radius 2 is 1.64 bits per heavy atom. The van der Waals surface area contributed by atoms with Crippen molar-refractivity contribution < 1.29 is 23.9 Å². The third-order valence-corrected chi connectivity index (χ3v) is 4.41. The van der Waals surface area contributed by atoms with Gasteiger partial charge in [0.25, 0.3) is 0 Å². The zero-order chi connectivity index (χ0) is 18.6. The van der Waals surface area contributed by atoms with E-state index in [9.17, 15) is 14.4 Å². The van der Waals surface area contributed by atoms with E-state index in [4.69, 9.17) is 9.47 Å². The van der Waals surface area contributed by atoms with E-state index in [2.05, 4.69) is 0 Å². The first-order valence-corrected chi connectivity index (χ1v) is 8.28. The van der Waals surface area contributed by atoms with Crippen molar-refractivity contribution in [2.45, 2.75) is 32.9 Å². The molecular formula is C18H24N2O5. The summed E-state index contributed by atoms with van der Waals surface area (Å²) >= 11 is 0. The summed E-state index contributed by atoms with van der Waals surface area (Å²) in [5.74, 6) is -0.230. The lowest BCUT2D eigenvalue weighted by Gasteiger charge is -2.39. The van der Waals surface area contributed by atoms with Crippen LogP contribution in [-0.4, -0.2) is 60.4 Å². The van der Waals surface area contributed by atoms with Crippen LogP contribution in [0, 0.1) is 0 Å². The predicted molar refractivity (Wildman–Crippen MR) is 90.9 cm³/mol. The highest BCUT2D eigenvalue weighted by atomic mass is 16.5. The molecule has 1 fully saturated rings. The van der Waals surface area contributed by atoms with Crippen molar-refractivity contribution in [2.75, 3.05) is 26.8 Å². The van der Waals surface area contributed by atoms with Crippen LogP contribution in [0.1, 0.15) is 32.4 Å². The lowest BCUT2D eigenvalue weighted by Crippen LogP contribution is -2.58. The Morgan fingerprint density at radius 1 is 1.08 bits per heavy atom. The molecule has 136 valence electrons. The summed E-state index contributed by atoms with van der Waals surface area (Å²) in [6.07, 6.45) is 0. The van der Waals surface area contributed by atoms with Crippen LogP contribution in [0.2, 0.25) is 0 Å². The first-order valence-electron chi connectivity index (χ1n) is 8.28. The Bertz CT molecular complexity index is 643. The Kier molecular flexibility index (Phi) is 6.01. The molecule has 1 aliphatic heterocycles. The van der Waals surface area contributed by atoms with Gasteiger partial charge in [0, 0.05) is 0 Å². The van der Waals surface area contributed by atoms with Crippen LogP contribution in [0.3, 0.4) is 0 Å². The summed E-state index contributed by atoms with van der Waals surface area (Å²) in [6.45, 7) is 5.20. The fourth-order valence-corrected chi connectivity index (χ4v) is 2.81. The summed E-state index contributed by atoms with van der Waals surface area (Å²) in [7, 11) is 1.59. The summed E-state index contributed by atoms with van der Waals surface area (Å²) < 4.78 is 10.1. The monoisotopic (exact) mass is 348 g/mol. The van der Waals surface area contributed by atoms with Gasteiger partial charge < -0.3 is 19.3 Å². The van der Waals surface area contributed by atoms with Crippen molar-refractivity contribution in [3.63, 3.8) is 0 Å². The highest BCUT2D eigenvalue weighted by Gasteiger charge is 2.37. The quantitative estimate of drug-likeness (QED) is 0.726. The van der Waals surface area contributed by atoms with Crippen molar-refractivity contribution in [2.24, 2.45) is 0 Å². The molecule has 25 heavy (non-hydrogen) atoms. The summed E-state index contributed by atoms with van der Waals surface area (Å²) in [6, 6.07) is 6.36. The molecule has 0 saturated carbocycles. The molecule has 0 spiro atoms. The summed E-state index contributed by atoms with van der Waals surface area (Å²) in [5.41, 5.74) is 0.911. The van der Waals surface area contributed by atoms with Gasteiger partial charge in [0.15, 0.2) is 0 Å². The van der Waals surface area contributed by atoms with Gasteiger partial charge in [0.2, 0.25) is 11.8 Å². The highest BCUT2D eigenvalue weighted by Crippen LogP contribution is 2.25. The smallest absolute Gasteiger partial charge is 0.328 e. The van der Waals surface area contributed by atoms with Gasteiger partial charge in [-0.15, -0.1) is 0 Å². The number of amides is 2. The standard InChI is InChI=1S/C18H24N2O5/c1-5-25-18(23)13(3)20-11-16(21)19(10-17(20)22)12(2)14-6-8-15(24-4)9-7-14/h6-9,12-13H,5,10-11H2,1-4H3/t12-,13-/m0/s1. The second-order valence-electron chi connectivity index (χ2n) is 5.92. The topological polar surface area (TPSA) is 76.2 Å². The maximum Gasteiger partial charge on any atom is 0.328 e. The number of hydrogen-bond acceptors (Lipinski definition) is 5. The Morgan fingerprint density at radius 3 is 2.20 bits per heavy atom. The van der Waals surface area contributed by atoms with Crippen LogP contribution in [0.5, 0.6) is 5.75 Å². The van der Waals surface area contributed by atoms with Crippen molar-refractivity contribution in [3.05, 3.63) is 29.8 Å². The van der Waals surface area contributed by atoms with Crippen molar-refractivity contribution in [1.29, 1.82) is 0 Å². The number of rotatable bonds is 6. The number of benzene rings is 1. The molecule has 1 heterocycles. The normalized spacial score (nSPS) is 17.3. The molecule has 1 aliphatic rings. The molecule has 7 nitrogen and oxygen atoms in total. The maximum absolute atomic E-state index is 12.5. The van der Waals surface area contributed by atoms with Crippen LogP contribution < -0.4 is 4.74 Å². The lowest BCUT2D eigenvalue weighted by atomic mass is 10.0. The van der Waals surface area contributed by atoms with E-state index in [1.165, 1.54) is 9.80 Å². The van der Waals surface area contributed by atoms with Gasteiger partial charge >= 0.3 is 5.97 Å². The molecule has 0 unspecified atom stereocenters. The van der Waals surface area contributed by atoms with Crippen molar-refractivity contribution >= 4 is 17.8 Å². The fourth-order valence-electron chi connectivity index (χ4n) is 2.81. The number of esters is 1. The van der Waals surface area contributed by atoms with E-state index in [1.54, 1.807) is 21.0 Å². The molecule has 2 atom stereocenters.